The Morgan fingerprint density at radius 1 is 1.29 bits per heavy atom. The SMILES string of the molecule is O=C(CCn1ncc2ccccc21)N1CCC[C@H](c2ccn[nH]2)C1. The number of fused-ring (bicyclic) bond motifs is 1. The Bertz CT molecular complexity index is 823. The molecule has 0 radical (unpaired) electrons. The van der Waals surface area contributed by atoms with Gasteiger partial charge in [0.15, 0.2) is 0 Å². The molecule has 0 unspecified atom stereocenters. The number of piperidine rings is 1. The van der Waals surface area contributed by atoms with E-state index in [9.17, 15) is 4.79 Å². The molecule has 4 rings (SSSR count). The quantitative estimate of drug-likeness (QED) is 0.802. The number of hydrogen-bond donors (Lipinski definition) is 1. The zero-order valence-corrected chi connectivity index (χ0v) is 13.6. The predicted molar refractivity (Wildman–Crippen MR) is 91.5 cm³/mol. The highest BCUT2D eigenvalue weighted by molar-refractivity contribution is 5.79. The van der Waals surface area contributed by atoms with Crippen LogP contribution in [0.5, 0.6) is 0 Å². The third kappa shape index (κ3) is 2.91. The number of hydrogen-bond acceptors (Lipinski definition) is 3. The highest BCUT2D eigenvalue weighted by atomic mass is 16.2. The van der Waals surface area contributed by atoms with Gasteiger partial charge in [0.25, 0.3) is 0 Å². The van der Waals surface area contributed by atoms with Gasteiger partial charge in [-0.2, -0.15) is 10.2 Å². The molecule has 1 atom stereocenters. The van der Waals surface area contributed by atoms with Gasteiger partial charge >= 0.3 is 0 Å². The first-order valence-corrected chi connectivity index (χ1v) is 8.49. The highest BCUT2D eigenvalue weighted by Gasteiger charge is 2.25. The molecule has 6 nitrogen and oxygen atoms in total. The van der Waals surface area contributed by atoms with Crippen molar-refractivity contribution in [3.8, 4) is 0 Å². The van der Waals surface area contributed by atoms with Crippen molar-refractivity contribution in [3.63, 3.8) is 0 Å². The summed E-state index contributed by atoms with van der Waals surface area (Å²) in [6.45, 7) is 2.25. The molecular formula is C18H21N5O. The van der Waals surface area contributed by atoms with Crippen LogP contribution in [0.15, 0.2) is 42.7 Å². The van der Waals surface area contributed by atoms with Crippen molar-refractivity contribution in [2.45, 2.75) is 31.7 Å². The van der Waals surface area contributed by atoms with E-state index in [4.69, 9.17) is 0 Å². The summed E-state index contributed by atoms with van der Waals surface area (Å²) < 4.78 is 1.92. The van der Waals surface area contributed by atoms with Gasteiger partial charge in [0.05, 0.1) is 18.3 Å². The third-order valence-electron chi connectivity index (χ3n) is 4.82. The molecule has 0 bridgehead atoms. The lowest BCUT2D eigenvalue weighted by atomic mass is 9.95. The number of H-pyrrole nitrogens is 1. The number of amides is 1. The number of aromatic nitrogens is 4. The van der Waals surface area contributed by atoms with Crippen molar-refractivity contribution in [2.75, 3.05) is 13.1 Å². The molecule has 1 aliphatic heterocycles. The fraction of sp³-hybridized carbons (Fsp3) is 0.389. The van der Waals surface area contributed by atoms with Crippen LogP contribution in [-0.4, -0.2) is 43.9 Å². The lowest BCUT2D eigenvalue weighted by Crippen LogP contribution is -2.39. The molecule has 1 N–H and O–H groups in total. The van der Waals surface area contributed by atoms with E-state index in [0.717, 1.165) is 42.5 Å². The average molecular weight is 323 g/mol. The number of likely N-dealkylation sites (tertiary alicyclic amines) is 1. The standard InChI is InChI=1S/C18H21N5O/c24-18(8-11-23-17-6-2-1-4-14(17)12-20-23)22-10-3-5-15(13-22)16-7-9-19-21-16/h1-2,4,6-7,9,12,15H,3,5,8,10-11,13H2,(H,19,21)/t15-/m0/s1. The van der Waals surface area contributed by atoms with Crippen LogP contribution in [-0.2, 0) is 11.3 Å². The van der Waals surface area contributed by atoms with Gasteiger partial charge in [0.2, 0.25) is 5.91 Å². The topological polar surface area (TPSA) is 66.8 Å². The number of nitrogens with zero attached hydrogens (tertiary/aromatic N) is 4. The van der Waals surface area contributed by atoms with Crippen LogP contribution in [0.3, 0.4) is 0 Å². The molecule has 0 spiro atoms. The monoisotopic (exact) mass is 323 g/mol. The maximum Gasteiger partial charge on any atom is 0.224 e. The summed E-state index contributed by atoms with van der Waals surface area (Å²) in [5.74, 6) is 0.578. The molecule has 2 aromatic heterocycles. The second kappa shape index (κ2) is 6.47. The molecule has 124 valence electrons. The van der Waals surface area contributed by atoms with Crippen molar-refractivity contribution in [1.29, 1.82) is 0 Å². The number of rotatable bonds is 4. The van der Waals surface area contributed by atoms with Gasteiger partial charge in [-0.05, 0) is 25.0 Å². The molecule has 24 heavy (non-hydrogen) atoms. The number of carbonyl (C=O) groups is 1. The molecular weight excluding hydrogens is 302 g/mol. The van der Waals surface area contributed by atoms with Gasteiger partial charge < -0.3 is 4.90 Å². The molecule has 1 aliphatic rings. The second-order valence-corrected chi connectivity index (χ2v) is 6.37. The minimum absolute atomic E-state index is 0.207. The summed E-state index contributed by atoms with van der Waals surface area (Å²) in [4.78, 5) is 14.6. The van der Waals surface area contributed by atoms with Crippen LogP contribution < -0.4 is 0 Å². The van der Waals surface area contributed by atoms with E-state index in [-0.39, 0.29) is 5.91 Å². The smallest absolute Gasteiger partial charge is 0.224 e. The van der Waals surface area contributed by atoms with Gasteiger partial charge in [0, 0.05) is 42.7 Å². The largest absolute Gasteiger partial charge is 0.342 e. The van der Waals surface area contributed by atoms with Crippen LogP contribution >= 0.6 is 0 Å². The second-order valence-electron chi connectivity index (χ2n) is 6.37. The lowest BCUT2D eigenvalue weighted by Gasteiger charge is -2.32. The van der Waals surface area contributed by atoms with E-state index in [1.54, 1.807) is 6.20 Å². The van der Waals surface area contributed by atoms with E-state index in [0.29, 0.717) is 18.9 Å². The first kappa shape index (κ1) is 14.9. The first-order valence-electron chi connectivity index (χ1n) is 8.49. The Labute approximate surface area is 140 Å². The molecule has 3 heterocycles. The van der Waals surface area contributed by atoms with Crippen LogP contribution in [0.2, 0.25) is 0 Å². The van der Waals surface area contributed by atoms with Crippen LogP contribution in [0, 0.1) is 0 Å². The Morgan fingerprint density at radius 2 is 2.21 bits per heavy atom. The molecule has 1 fully saturated rings. The Balaban J connectivity index is 1.39. The first-order chi connectivity index (χ1) is 11.8. The van der Waals surface area contributed by atoms with Crippen LogP contribution in [0.1, 0.15) is 30.9 Å². The molecule has 3 aromatic rings. The van der Waals surface area contributed by atoms with Crippen molar-refractivity contribution in [3.05, 3.63) is 48.4 Å². The number of aromatic amines is 1. The predicted octanol–water partition coefficient (Wildman–Crippen LogP) is 2.56. The minimum Gasteiger partial charge on any atom is -0.342 e. The van der Waals surface area contributed by atoms with Crippen LogP contribution in [0.25, 0.3) is 10.9 Å². The van der Waals surface area contributed by atoms with Gasteiger partial charge in [-0.25, -0.2) is 0 Å². The molecule has 1 aromatic carbocycles. The lowest BCUT2D eigenvalue weighted by molar-refractivity contribution is -0.132. The summed E-state index contributed by atoms with van der Waals surface area (Å²) in [7, 11) is 0. The number of carbonyl (C=O) groups excluding carboxylic acids is 1. The summed E-state index contributed by atoms with van der Waals surface area (Å²) in [6, 6.07) is 10.1. The number of nitrogens with one attached hydrogen (secondary N) is 1. The van der Waals surface area contributed by atoms with Gasteiger partial charge in [-0.3, -0.25) is 14.6 Å². The number of para-hydroxylation sites is 1. The Kier molecular flexibility index (Phi) is 4.02. The van der Waals surface area contributed by atoms with Crippen molar-refractivity contribution < 1.29 is 4.79 Å². The minimum atomic E-state index is 0.207. The third-order valence-corrected chi connectivity index (χ3v) is 4.82. The van der Waals surface area contributed by atoms with E-state index in [1.165, 1.54) is 0 Å². The summed E-state index contributed by atoms with van der Waals surface area (Å²) in [5.41, 5.74) is 2.21. The fourth-order valence-corrected chi connectivity index (χ4v) is 3.52. The normalized spacial score (nSPS) is 18.2. The van der Waals surface area contributed by atoms with E-state index in [2.05, 4.69) is 15.3 Å². The van der Waals surface area contributed by atoms with E-state index in [1.807, 2.05) is 46.1 Å². The molecule has 6 heteroatoms. The van der Waals surface area contributed by atoms with Crippen molar-refractivity contribution in [2.24, 2.45) is 0 Å². The molecule has 0 aliphatic carbocycles. The average Bonchev–Trinajstić information content (AvgIpc) is 3.30. The van der Waals surface area contributed by atoms with E-state index < -0.39 is 0 Å². The molecule has 1 amide bonds. The number of benzene rings is 1. The zero-order valence-electron chi connectivity index (χ0n) is 13.6. The summed E-state index contributed by atoms with van der Waals surface area (Å²) in [5, 5.41) is 12.6. The molecule has 0 saturated carbocycles. The Hall–Kier alpha value is -2.63. The molecule has 1 saturated heterocycles. The van der Waals surface area contributed by atoms with E-state index >= 15 is 0 Å². The van der Waals surface area contributed by atoms with Gasteiger partial charge in [0.1, 0.15) is 0 Å². The van der Waals surface area contributed by atoms with Gasteiger partial charge in [-0.15, -0.1) is 0 Å². The zero-order chi connectivity index (χ0) is 16.4. The van der Waals surface area contributed by atoms with Crippen molar-refractivity contribution >= 4 is 16.8 Å². The summed E-state index contributed by atoms with van der Waals surface area (Å²) in [6.07, 6.45) is 6.27. The van der Waals surface area contributed by atoms with Crippen LogP contribution in [0.4, 0.5) is 0 Å². The maximum absolute atomic E-state index is 12.6. The van der Waals surface area contributed by atoms with Gasteiger partial charge in [-0.1, -0.05) is 18.2 Å². The fourth-order valence-electron chi connectivity index (χ4n) is 3.52. The van der Waals surface area contributed by atoms with Crippen molar-refractivity contribution in [1.82, 2.24) is 24.9 Å². The number of aryl methyl sites for hydroxylation is 1. The maximum atomic E-state index is 12.6. The Morgan fingerprint density at radius 3 is 3.08 bits per heavy atom. The summed E-state index contributed by atoms with van der Waals surface area (Å²) >= 11 is 0. The highest BCUT2D eigenvalue weighted by Crippen LogP contribution is 2.25.